The van der Waals surface area contributed by atoms with E-state index >= 15 is 0 Å². The van der Waals surface area contributed by atoms with Crippen LogP contribution in [0, 0.1) is 6.92 Å². The minimum absolute atomic E-state index is 0.0994. The van der Waals surface area contributed by atoms with E-state index in [0.717, 1.165) is 10.6 Å². The zero-order valence-electron chi connectivity index (χ0n) is 9.71. The topological polar surface area (TPSA) is 62.2 Å². The summed E-state index contributed by atoms with van der Waals surface area (Å²) in [5.41, 5.74) is 0.899. The van der Waals surface area contributed by atoms with Gasteiger partial charge in [0.05, 0.1) is 11.4 Å². The number of thioether (sulfide) groups is 1. The molecule has 0 radical (unpaired) electrons. The number of rotatable bonds is 4. The molecule has 0 unspecified atom stereocenters. The van der Waals surface area contributed by atoms with E-state index in [1.54, 1.807) is 18.2 Å². The Morgan fingerprint density at radius 1 is 1.56 bits per heavy atom. The van der Waals surface area contributed by atoms with Gasteiger partial charge in [-0.15, -0.1) is 23.1 Å². The van der Waals surface area contributed by atoms with Crippen molar-refractivity contribution in [2.24, 2.45) is 0 Å². The number of nitrogens with one attached hydrogen (secondary N) is 1. The Morgan fingerprint density at radius 2 is 2.39 bits per heavy atom. The minimum atomic E-state index is -0.0994. The van der Waals surface area contributed by atoms with Gasteiger partial charge in [-0.3, -0.25) is 4.79 Å². The molecule has 0 fully saturated rings. The highest BCUT2D eigenvalue weighted by molar-refractivity contribution is 8.00. The molecule has 94 valence electrons. The third-order valence-electron chi connectivity index (χ3n) is 2.05. The molecule has 0 spiro atoms. The number of aryl methyl sites for hydroxylation is 1. The standard InChI is InChI=1S/C12H12N2O2S2/c1-8-6-18-12(13-8)14-11(16)7-17-10-4-2-3-9(15)5-10/h2-6,15H,7H2,1H3,(H,13,14,16). The molecule has 18 heavy (non-hydrogen) atoms. The normalized spacial score (nSPS) is 10.3. The SMILES string of the molecule is Cc1csc(NC(=O)CSc2cccc(O)c2)n1. The molecule has 0 aliphatic rings. The summed E-state index contributed by atoms with van der Waals surface area (Å²) in [4.78, 5) is 16.7. The number of aromatic nitrogens is 1. The molecule has 1 heterocycles. The summed E-state index contributed by atoms with van der Waals surface area (Å²) < 4.78 is 0. The maximum atomic E-state index is 11.7. The van der Waals surface area contributed by atoms with Crippen molar-refractivity contribution in [3.63, 3.8) is 0 Å². The van der Waals surface area contributed by atoms with Crippen LogP contribution >= 0.6 is 23.1 Å². The first-order chi connectivity index (χ1) is 8.63. The van der Waals surface area contributed by atoms with Gasteiger partial charge in [-0.25, -0.2) is 4.98 Å². The molecule has 0 aliphatic carbocycles. The maximum Gasteiger partial charge on any atom is 0.236 e. The van der Waals surface area contributed by atoms with Crippen molar-refractivity contribution in [1.82, 2.24) is 4.98 Å². The van der Waals surface area contributed by atoms with E-state index in [1.165, 1.54) is 23.1 Å². The number of carbonyl (C=O) groups is 1. The summed E-state index contributed by atoms with van der Waals surface area (Å²) in [6.07, 6.45) is 0. The van der Waals surface area contributed by atoms with Crippen LogP contribution in [-0.4, -0.2) is 21.8 Å². The van der Waals surface area contributed by atoms with Gasteiger partial charge < -0.3 is 10.4 Å². The Balaban J connectivity index is 1.85. The number of phenolic OH excluding ortho intramolecular Hbond substituents is 1. The van der Waals surface area contributed by atoms with Crippen LogP contribution in [0.25, 0.3) is 0 Å². The van der Waals surface area contributed by atoms with E-state index in [0.29, 0.717) is 10.9 Å². The van der Waals surface area contributed by atoms with Crippen LogP contribution in [0.3, 0.4) is 0 Å². The molecule has 1 aromatic heterocycles. The van der Waals surface area contributed by atoms with Crippen LogP contribution in [-0.2, 0) is 4.79 Å². The number of aromatic hydroxyl groups is 1. The average Bonchev–Trinajstić information content (AvgIpc) is 2.72. The molecular weight excluding hydrogens is 268 g/mol. The van der Waals surface area contributed by atoms with E-state index in [2.05, 4.69) is 10.3 Å². The lowest BCUT2D eigenvalue weighted by Crippen LogP contribution is -2.13. The molecule has 0 saturated carbocycles. The fourth-order valence-corrected chi connectivity index (χ4v) is 2.74. The second-order valence-electron chi connectivity index (χ2n) is 3.63. The van der Waals surface area contributed by atoms with E-state index in [4.69, 9.17) is 0 Å². The number of carbonyl (C=O) groups excluding carboxylic acids is 1. The van der Waals surface area contributed by atoms with Crippen LogP contribution in [0.1, 0.15) is 5.69 Å². The van der Waals surface area contributed by atoms with Crippen LogP contribution in [0.15, 0.2) is 34.5 Å². The van der Waals surface area contributed by atoms with Gasteiger partial charge in [0.2, 0.25) is 5.91 Å². The molecule has 0 bridgehead atoms. The third-order valence-corrected chi connectivity index (χ3v) is 3.92. The van der Waals surface area contributed by atoms with Crippen molar-refractivity contribution in [3.05, 3.63) is 35.3 Å². The van der Waals surface area contributed by atoms with E-state index in [9.17, 15) is 9.90 Å². The Bertz CT molecular complexity index is 555. The lowest BCUT2D eigenvalue weighted by Gasteiger charge is -2.02. The Morgan fingerprint density at radius 3 is 3.06 bits per heavy atom. The lowest BCUT2D eigenvalue weighted by molar-refractivity contribution is -0.113. The van der Waals surface area contributed by atoms with E-state index in [-0.39, 0.29) is 11.7 Å². The van der Waals surface area contributed by atoms with Crippen LogP contribution < -0.4 is 5.32 Å². The van der Waals surface area contributed by atoms with Gasteiger partial charge in [0.15, 0.2) is 5.13 Å². The molecule has 4 nitrogen and oxygen atoms in total. The molecule has 0 saturated heterocycles. The average molecular weight is 280 g/mol. The summed E-state index contributed by atoms with van der Waals surface area (Å²) in [5.74, 6) is 0.399. The fourth-order valence-electron chi connectivity index (χ4n) is 1.29. The number of amides is 1. The van der Waals surface area contributed by atoms with Crippen LogP contribution in [0.5, 0.6) is 5.75 Å². The van der Waals surface area contributed by atoms with E-state index < -0.39 is 0 Å². The minimum Gasteiger partial charge on any atom is -0.508 e. The van der Waals surface area contributed by atoms with Gasteiger partial charge in [-0.1, -0.05) is 6.07 Å². The molecule has 2 N–H and O–H groups in total. The van der Waals surface area contributed by atoms with Gasteiger partial charge in [0.25, 0.3) is 0 Å². The van der Waals surface area contributed by atoms with Crippen molar-refractivity contribution in [2.75, 3.05) is 11.1 Å². The highest BCUT2D eigenvalue weighted by Crippen LogP contribution is 2.22. The quantitative estimate of drug-likeness (QED) is 0.845. The number of hydrogen-bond donors (Lipinski definition) is 2. The van der Waals surface area contributed by atoms with Gasteiger partial charge in [0, 0.05) is 10.3 Å². The second-order valence-corrected chi connectivity index (χ2v) is 5.54. The number of nitrogens with zero attached hydrogens (tertiary/aromatic N) is 1. The Labute approximate surface area is 113 Å². The summed E-state index contributed by atoms with van der Waals surface area (Å²) >= 11 is 2.78. The first-order valence-electron chi connectivity index (χ1n) is 5.27. The van der Waals surface area contributed by atoms with Gasteiger partial charge >= 0.3 is 0 Å². The Hall–Kier alpha value is -1.53. The number of phenols is 1. The summed E-state index contributed by atoms with van der Waals surface area (Å²) in [5, 5.41) is 14.5. The molecule has 2 aromatic rings. The molecule has 0 atom stereocenters. The second kappa shape index (κ2) is 5.88. The molecule has 6 heteroatoms. The number of anilines is 1. The monoisotopic (exact) mass is 280 g/mol. The Kier molecular flexibility index (Phi) is 4.22. The predicted octanol–water partition coefficient (Wildman–Crippen LogP) is 2.89. The zero-order valence-corrected chi connectivity index (χ0v) is 11.3. The van der Waals surface area contributed by atoms with Crippen molar-refractivity contribution in [3.8, 4) is 5.75 Å². The molecule has 1 aromatic carbocycles. The van der Waals surface area contributed by atoms with Crippen molar-refractivity contribution in [1.29, 1.82) is 0 Å². The highest BCUT2D eigenvalue weighted by Gasteiger charge is 2.06. The van der Waals surface area contributed by atoms with Crippen molar-refractivity contribution in [2.45, 2.75) is 11.8 Å². The number of hydrogen-bond acceptors (Lipinski definition) is 5. The largest absolute Gasteiger partial charge is 0.508 e. The van der Waals surface area contributed by atoms with Crippen LogP contribution in [0.4, 0.5) is 5.13 Å². The van der Waals surface area contributed by atoms with Crippen LogP contribution in [0.2, 0.25) is 0 Å². The molecule has 1 amide bonds. The van der Waals surface area contributed by atoms with Gasteiger partial charge in [-0.05, 0) is 25.1 Å². The van der Waals surface area contributed by atoms with E-state index in [1.807, 2.05) is 18.4 Å². The summed E-state index contributed by atoms with van der Waals surface area (Å²) in [6, 6.07) is 6.83. The summed E-state index contributed by atoms with van der Waals surface area (Å²) in [6.45, 7) is 1.88. The lowest BCUT2D eigenvalue weighted by atomic mass is 10.3. The summed E-state index contributed by atoms with van der Waals surface area (Å²) in [7, 11) is 0. The number of thiazole rings is 1. The smallest absolute Gasteiger partial charge is 0.236 e. The molecule has 0 aliphatic heterocycles. The predicted molar refractivity (Wildman–Crippen MR) is 74.3 cm³/mol. The third kappa shape index (κ3) is 3.75. The van der Waals surface area contributed by atoms with Gasteiger partial charge in [0.1, 0.15) is 5.75 Å². The number of benzene rings is 1. The molecular formula is C12H12N2O2S2. The highest BCUT2D eigenvalue weighted by atomic mass is 32.2. The van der Waals surface area contributed by atoms with Gasteiger partial charge in [-0.2, -0.15) is 0 Å². The maximum absolute atomic E-state index is 11.7. The first kappa shape index (κ1) is 12.9. The fraction of sp³-hybridized carbons (Fsp3) is 0.167. The first-order valence-corrected chi connectivity index (χ1v) is 7.14. The van der Waals surface area contributed by atoms with Crippen molar-refractivity contribution < 1.29 is 9.90 Å². The zero-order chi connectivity index (χ0) is 13.0. The molecule has 2 rings (SSSR count). The van der Waals surface area contributed by atoms with Crippen molar-refractivity contribution >= 4 is 34.1 Å².